The number of aromatic nitrogens is 1. The summed E-state index contributed by atoms with van der Waals surface area (Å²) in [6, 6.07) is 4.05. The zero-order valence-electron chi connectivity index (χ0n) is 9.94. The van der Waals surface area contributed by atoms with E-state index in [9.17, 15) is 0 Å². The van der Waals surface area contributed by atoms with E-state index in [-0.39, 0.29) is 6.10 Å². The van der Waals surface area contributed by atoms with Gasteiger partial charge < -0.3 is 15.0 Å². The molecule has 1 saturated heterocycles. The number of rotatable bonds is 3. The summed E-state index contributed by atoms with van der Waals surface area (Å²) in [6.45, 7) is 5.66. The van der Waals surface area contributed by atoms with Crippen LogP contribution >= 0.6 is 0 Å². The fourth-order valence-electron chi connectivity index (χ4n) is 2.01. The van der Waals surface area contributed by atoms with E-state index in [2.05, 4.69) is 35.2 Å². The monoisotopic (exact) mass is 221 g/mol. The number of morpholine rings is 1. The summed E-state index contributed by atoms with van der Waals surface area (Å²) in [7, 11) is 2.06. The van der Waals surface area contributed by atoms with Crippen molar-refractivity contribution >= 4 is 5.82 Å². The Morgan fingerprint density at radius 3 is 3.19 bits per heavy atom. The van der Waals surface area contributed by atoms with Gasteiger partial charge in [-0.25, -0.2) is 4.98 Å². The molecule has 88 valence electrons. The topological polar surface area (TPSA) is 37.4 Å². The van der Waals surface area contributed by atoms with Gasteiger partial charge in [0.05, 0.1) is 12.7 Å². The van der Waals surface area contributed by atoms with E-state index in [4.69, 9.17) is 4.74 Å². The Bertz CT molecular complexity index is 337. The van der Waals surface area contributed by atoms with E-state index in [0.29, 0.717) is 0 Å². The summed E-state index contributed by atoms with van der Waals surface area (Å²) in [4.78, 5) is 6.55. The molecule has 0 aromatic carbocycles. The first kappa shape index (κ1) is 11.4. The highest BCUT2D eigenvalue weighted by atomic mass is 16.5. The molecule has 1 atom stereocenters. The molecule has 0 radical (unpaired) electrons. The van der Waals surface area contributed by atoms with Crippen LogP contribution in [0.4, 0.5) is 5.82 Å². The third-order valence-electron chi connectivity index (χ3n) is 2.83. The van der Waals surface area contributed by atoms with Crippen LogP contribution in [0, 0.1) is 6.92 Å². The van der Waals surface area contributed by atoms with Crippen LogP contribution in [0.5, 0.6) is 0 Å². The van der Waals surface area contributed by atoms with E-state index in [1.165, 1.54) is 5.56 Å². The first-order valence-electron chi connectivity index (χ1n) is 5.72. The number of ether oxygens (including phenoxy) is 1. The minimum atomic E-state index is 0.264. The van der Waals surface area contributed by atoms with E-state index >= 15 is 0 Å². The molecule has 1 unspecified atom stereocenters. The van der Waals surface area contributed by atoms with Gasteiger partial charge in [-0.2, -0.15) is 0 Å². The van der Waals surface area contributed by atoms with Crippen molar-refractivity contribution in [3.63, 3.8) is 0 Å². The Morgan fingerprint density at radius 2 is 2.50 bits per heavy atom. The second kappa shape index (κ2) is 5.27. The van der Waals surface area contributed by atoms with Crippen molar-refractivity contribution in [2.24, 2.45) is 0 Å². The molecule has 2 rings (SSSR count). The van der Waals surface area contributed by atoms with Crippen molar-refractivity contribution in [1.82, 2.24) is 10.3 Å². The fraction of sp³-hybridized carbons (Fsp3) is 0.583. The van der Waals surface area contributed by atoms with Gasteiger partial charge in [-0.15, -0.1) is 0 Å². The van der Waals surface area contributed by atoms with E-state index in [1.807, 2.05) is 12.3 Å². The number of nitrogens with one attached hydrogen (secondary N) is 1. The number of pyridine rings is 1. The maximum atomic E-state index is 5.68. The predicted octanol–water partition coefficient (Wildman–Crippen LogP) is 0.815. The van der Waals surface area contributed by atoms with Crippen molar-refractivity contribution in [3.8, 4) is 0 Å². The van der Waals surface area contributed by atoms with Crippen LogP contribution in [0.1, 0.15) is 5.56 Å². The summed E-state index contributed by atoms with van der Waals surface area (Å²) >= 11 is 0. The lowest BCUT2D eigenvalue weighted by Gasteiger charge is -2.29. The maximum absolute atomic E-state index is 5.68. The van der Waals surface area contributed by atoms with Crippen LogP contribution in [-0.2, 0) is 4.74 Å². The van der Waals surface area contributed by atoms with Crippen molar-refractivity contribution in [3.05, 3.63) is 23.9 Å². The Labute approximate surface area is 96.6 Å². The molecule has 1 aromatic heterocycles. The Morgan fingerprint density at radius 1 is 1.62 bits per heavy atom. The summed E-state index contributed by atoms with van der Waals surface area (Å²) < 4.78 is 5.68. The number of hydrogen-bond donors (Lipinski definition) is 1. The molecule has 4 heteroatoms. The summed E-state index contributed by atoms with van der Waals surface area (Å²) in [6.07, 6.45) is 2.10. The molecule has 4 nitrogen and oxygen atoms in total. The molecule has 1 aliphatic rings. The molecule has 2 heterocycles. The molecule has 0 spiro atoms. The van der Waals surface area contributed by atoms with Crippen molar-refractivity contribution in [2.75, 3.05) is 38.2 Å². The Kier molecular flexibility index (Phi) is 3.74. The number of hydrogen-bond acceptors (Lipinski definition) is 4. The van der Waals surface area contributed by atoms with Gasteiger partial charge in [-0.3, -0.25) is 0 Å². The van der Waals surface area contributed by atoms with Crippen molar-refractivity contribution in [1.29, 1.82) is 0 Å². The lowest BCUT2D eigenvalue weighted by molar-refractivity contribution is 0.0339. The van der Waals surface area contributed by atoms with Crippen LogP contribution in [0.25, 0.3) is 0 Å². The van der Waals surface area contributed by atoms with Crippen LogP contribution in [-0.4, -0.2) is 44.4 Å². The lowest BCUT2D eigenvalue weighted by atomic mass is 10.2. The predicted molar refractivity (Wildman–Crippen MR) is 64.9 cm³/mol. The molecule has 1 N–H and O–H groups in total. The summed E-state index contributed by atoms with van der Waals surface area (Å²) in [5.74, 6) is 1.04. The minimum Gasteiger partial charge on any atom is -0.374 e. The SMILES string of the molecule is Cc1cccnc1N(C)CC1CNCCO1. The van der Waals surface area contributed by atoms with Gasteiger partial charge in [0.15, 0.2) is 0 Å². The summed E-state index contributed by atoms with van der Waals surface area (Å²) in [5.41, 5.74) is 1.20. The first-order valence-corrected chi connectivity index (χ1v) is 5.72. The van der Waals surface area contributed by atoms with E-state index in [0.717, 1.165) is 32.1 Å². The molecule has 1 fully saturated rings. The molecule has 16 heavy (non-hydrogen) atoms. The highest BCUT2D eigenvalue weighted by Crippen LogP contribution is 2.14. The first-order chi connectivity index (χ1) is 7.77. The maximum Gasteiger partial charge on any atom is 0.131 e. The van der Waals surface area contributed by atoms with Crippen molar-refractivity contribution < 1.29 is 4.74 Å². The number of nitrogens with zero attached hydrogens (tertiary/aromatic N) is 2. The van der Waals surface area contributed by atoms with Gasteiger partial charge in [-0.1, -0.05) is 6.07 Å². The second-order valence-electron chi connectivity index (χ2n) is 4.22. The van der Waals surface area contributed by atoms with E-state index in [1.54, 1.807) is 0 Å². The zero-order valence-corrected chi connectivity index (χ0v) is 9.94. The average molecular weight is 221 g/mol. The van der Waals surface area contributed by atoms with Crippen LogP contribution in [0.15, 0.2) is 18.3 Å². The number of likely N-dealkylation sites (N-methyl/N-ethyl adjacent to an activating group) is 1. The van der Waals surface area contributed by atoms with Gasteiger partial charge in [0.2, 0.25) is 0 Å². The van der Waals surface area contributed by atoms with Gasteiger partial charge >= 0.3 is 0 Å². The van der Waals surface area contributed by atoms with Crippen LogP contribution < -0.4 is 10.2 Å². The van der Waals surface area contributed by atoms with Crippen LogP contribution in [0.3, 0.4) is 0 Å². The van der Waals surface area contributed by atoms with Gasteiger partial charge in [0, 0.05) is 32.9 Å². The standard InChI is InChI=1S/C12H19N3O/c1-10-4-3-5-14-12(10)15(2)9-11-8-13-6-7-16-11/h3-5,11,13H,6-9H2,1-2H3. The highest BCUT2D eigenvalue weighted by molar-refractivity contribution is 5.45. The molecule has 0 bridgehead atoms. The average Bonchev–Trinajstić information content (AvgIpc) is 2.31. The summed E-state index contributed by atoms with van der Waals surface area (Å²) in [5, 5.41) is 3.33. The zero-order chi connectivity index (χ0) is 11.4. The molecule has 0 amide bonds. The number of aryl methyl sites for hydroxylation is 1. The van der Waals surface area contributed by atoms with Gasteiger partial charge in [0.25, 0.3) is 0 Å². The van der Waals surface area contributed by atoms with Gasteiger partial charge in [-0.05, 0) is 18.6 Å². The molecule has 1 aromatic rings. The molecule has 0 aliphatic carbocycles. The smallest absolute Gasteiger partial charge is 0.131 e. The molecular formula is C12H19N3O. The van der Waals surface area contributed by atoms with E-state index < -0.39 is 0 Å². The number of anilines is 1. The minimum absolute atomic E-state index is 0.264. The highest BCUT2D eigenvalue weighted by Gasteiger charge is 2.16. The third-order valence-corrected chi connectivity index (χ3v) is 2.83. The second-order valence-corrected chi connectivity index (χ2v) is 4.22. The lowest BCUT2D eigenvalue weighted by Crippen LogP contribution is -2.44. The fourth-order valence-corrected chi connectivity index (χ4v) is 2.01. The Hall–Kier alpha value is -1.13. The van der Waals surface area contributed by atoms with Crippen molar-refractivity contribution in [2.45, 2.75) is 13.0 Å². The normalized spacial score (nSPS) is 20.8. The molecule has 1 aliphatic heterocycles. The third kappa shape index (κ3) is 2.71. The quantitative estimate of drug-likeness (QED) is 0.820. The van der Waals surface area contributed by atoms with Crippen LogP contribution in [0.2, 0.25) is 0 Å². The molecular weight excluding hydrogens is 202 g/mol. The Balaban J connectivity index is 1.96. The largest absolute Gasteiger partial charge is 0.374 e. The molecule has 0 saturated carbocycles. The van der Waals surface area contributed by atoms with Gasteiger partial charge in [0.1, 0.15) is 5.82 Å².